The lowest BCUT2D eigenvalue weighted by Gasteiger charge is -2.49. The minimum Gasteiger partial charge on any atom is -0.350 e. The molecule has 3 aliphatic rings. The van der Waals surface area contributed by atoms with E-state index in [0.29, 0.717) is 42.1 Å². The number of nitrogens with zero attached hydrogens (tertiary/aromatic N) is 3. The topological polar surface area (TPSA) is 138 Å². The van der Waals surface area contributed by atoms with Crippen LogP contribution in [0.3, 0.4) is 0 Å². The van der Waals surface area contributed by atoms with E-state index in [1.165, 1.54) is 43.0 Å². The molecule has 234 valence electrons. The van der Waals surface area contributed by atoms with Crippen LogP contribution in [0.15, 0.2) is 36.5 Å². The molecule has 0 bridgehead atoms. The molecule has 0 unspecified atom stereocenters. The van der Waals surface area contributed by atoms with E-state index in [1.807, 2.05) is 29.7 Å². The fourth-order valence-electron chi connectivity index (χ4n) is 5.67. The van der Waals surface area contributed by atoms with Crippen molar-refractivity contribution in [2.75, 3.05) is 38.0 Å². The Labute approximate surface area is 259 Å². The summed E-state index contributed by atoms with van der Waals surface area (Å²) < 4.78 is 0. The van der Waals surface area contributed by atoms with Gasteiger partial charge in [0, 0.05) is 45.2 Å². The summed E-state index contributed by atoms with van der Waals surface area (Å²) in [4.78, 5) is 54.1. The summed E-state index contributed by atoms with van der Waals surface area (Å²) in [6, 6.07) is 9.99. The molecule has 2 aliphatic heterocycles. The van der Waals surface area contributed by atoms with Crippen molar-refractivity contribution < 1.29 is 19.2 Å². The predicted molar refractivity (Wildman–Crippen MR) is 168 cm³/mol. The highest BCUT2D eigenvalue weighted by Crippen LogP contribution is 2.47. The quantitative estimate of drug-likeness (QED) is 0.406. The monoisotopic (exact) mass is 612 g/mol. The van der Waals surface area contributed by atoms with E-state index < -0.39 is 0 Å². The maximum absolute atomic E-state index is 12.6. The second-order valence-corrected chi connectivity index (χ2v) is 11.8. The van der Waals surface area contributed by atoms with Crippen LogP contribution < -0.4 is 16.4 Å². The number of benzene rings is 1. The van der Waals surface area contributed by atoms with Gasteiger partial charge < -0.3 is 26.2 Å². The normalized spacial score (nSPS) is 16.3. The number of anilines is 1. The van der Waals surface area contributed by atoms with Crippen molar-refractivity contribution in [3.63, 3.8) is 0 Å². The van der Waals surface area contributed by atoms with Crippen LogP contribution in [-0.2, 0) is 32.1 Å². The van der Waals surface area contributed by atoms with Gasteiger partial charge in [-0.1, -0.05) is 49.2 Å². The lowest BCUT2D eigenvalue weighted by atomic mass is 9.64. The summed E-state index contributed by atoms with van der Waals surface area (Å²) in [5, 5.41) is 5.30. The van der Waals surface area contributed by atoms with Crippen molar-refractivity contribution >= 4 is 41.6 Å². The van der Waals surface area contributed by atoms with Gasteiger partial charge in [-0.05, 0) is 73.7 Å². The van der Waals surface area contributed by atoms with Crippen molar-refractivity contribution in [3.8, 4) is 0 Å². The van der Waals surface area contributed by atoms with Crippen LogP contribution in [0.25, 0.3) is 0 Å². The molecule has 10 nitrogen and oxygen atoms in total. The molecule has 1 aliphatic carbocycles. The molecule has 1 aromatic carbocycles. The largest absolute Gasteiger partial charge is 0.350 e. The number of carbonyl (C=O) groups excluding carboxylic acids is 4. The SMILES string of the molecule is CCN.Cc1cc(NC(=O)CNC=O)ncc1Cl.O=C(CCC(=O)N1CCCC2(CCC2)C1)N1CCc2ccccc2C1. The van der Waals surface area contributed by atoms with E-state index in [2.05, 4.69) is 33.8 Å². The second kappa shape index (κ2) is 17.0. The number of likely N-dealkylation sites (tertiary alicyclic amines) is 1. The molecule has 0 radical (unpaired) electrons. The summed E-state index contributed by atoms with van der Waals surface area (Å²) in [6.45, 7) is 7.66. The first-order valence-corrected chi connectivity index (χ1v) is 15.5. The van der Waals surface area contributed by atoms with Crippen LogP contribution >= 0.6 is 11.6 Å². The van der Waals surface area contributed by atoms with Crippen LogP contribution in [0.5, 0.6) is 0 Å². The van der Waals surface area contributed by atoms with E-state index in [4.69, 9.17) is 17.3 Å². The summed E-state index contributed by atoms with van der Waals surface area (Å²) >= 11 is 5.77. The molecule has 1 saturated carbocycles. The van der Waals surface area contributed by atoms with Gasteiger partial charge in [0.05, 0.1) is 11.6 Å². The number of aromatic nitrogens is 1. The summed E-state index contributed by atoms with van der Waals surface area (Å²) in [5.74, 6) is 0.376. The Kier molecular flexibility index (Phi) is 13.4. The first kappa shape index (κ1) is 34.0. The molecule has 1 saturated heterocycles. The third-order valence-corrected chi connectivity index (χ3v) is 8.52. The highest BCUT2D eigenvalue weighted by Gasteiger charge is 2.41. The molecule has 1 spiro atoms. The standard InChI is InChI=1S/C21H28N2O2.C9H10ClN3O2.C2H7N/c24-19(22-14-9-17-5-1-2-6-18(17)15-22)7-8-20(25)23-13-4-12-21(16-23)10-3-11-21;1-6-2-8(12-3-7(6)10)13-9(15)4-11-5-14;1-2-3/h1-2,5-6H,3-4,7-16H2;2-3,5H,4H2,1H3,(H,11,14)(H,12,13,15);2-3H2,1H3. The van der Waals surface area contributed by atoms with Crippen LogP contribution in [0, 0.1) is 12.3 Å². The van der Waals surface area contributed by atoms with Crippen LogP contribution in [0.4, 0.5) is 5.82 Å². The number of aryl methyl sites for hydroxylation is 1. The number of nitrogens with two attached hydrogens (primary N) is 1. The molecule has 5 rings (SSSR count). The van der Waals surface area contributed by atoms with Gasteiger partial charge >= 0.3 is 0 Å². The van der Waals surface area contributed by atoms with Gasteiger partial charge in [0.25, 0.3) is 0 Å². The second-order valence-electron chi connectivity index (χ2n) is 11.4. The van der Waals surface area contributed by atoms with Crippen molar-refractivity contribution in [2.45, 2.75) is 71.8 Å². The lowest BCUT2D eigenvalue weighted by molar-refractivity contribution is -0.140. The number of fused-ring (bicyclic) bond motifs is 1. The summed E-state index contributed by atoms with van der Waals surface area (Å²) in [7, 11) is 0. The Morgan fingerprint density at radius 2 is 1.70 bits per heavy atom. The first-order valence-electron chi connectivity index (χ1n) is 15.1. The van der Waals surface area contributed by atoms with Gasteiger partial charge in [-0.2, -0.15) is 0 Å². The van der Waals surface area contributed by atoms with E-state index in [1.54, 1.807) is 6.07 Å². The molecule has 11 heteroatoms. The zero-order valence-electron chi connectivity index (χ0n) is 25.4. The van der Waals surface area contributed by atoms with Crippen LogP contribution in [-0.4, -0.2) is 71.6 Å². The number of halogens is 1. The third-order valence-electron chi connectivity index (χ3n) is 8.12. The lowest BCUT2D eigenvalue weighted by Crippen LogP contribution is -2.49. The highest BCUT2D eigenvalue weighted by atomic mass is 35.5. The van der Waals surface area contributed by atoms with Crippen LogP contribution in [0.1, 0.15) is 68.6 Å². The fraction of sp³-hybridized carbons (Fsp3) is 0.531. The Morgan fingerprint density at radius 1 is 1.05 bits per heavy atom. The predicted octanol–water partition coefficient (Wildman–Crippen LogP) is 3.84. The van der Waals surface area contributed by atoms with E-state index in [9.17, 15) is 19.2 Å². The molecular formula is C32H45ClN6O4. The molecule has 3 heterocycles. The highest BCUT2D eigenvalue weighted by molar-refractivity contribution is 6.31. The van der Waals surface area contributed by atoms with E-state index in [0.717, 1.165) is 44.6 Å². The van der Waals surface area contributed by atoms with E-state index >= 15 is 0 Å². The third kappa shape index (κ3) is 10.3. The maximum atomic E-state index is 12.6. The first-order chi connectivity index (χ1) is 20.7. The molecule has 2 fully saturated rings. The zero-order chi connectivity index (χ0) is 31.2. The Bertz CT molecular complexity index is 1250. The number of pyridine rings is 1. The molecule has 2 aromatic rings. The van der Waals surface area contributed by atoms with Crippen molar-refractivity contribution in [1.29, 1.82) is 0 Å². The minimum absolute atomic E-state index is 0.0765. The molecule has 0 atom stereocenters. The van der Waals surface area contributed by atoms with Gasteiger partial charge in [0.1, 0.15) is 5.82 Å². The summed E-state index contributed by atoms with van der Waals surface area (Å²) in [6.07, 6.45) is 9.84. The van der Waals surface area contributed by atoms with Crippen molar-refractivity contribution in [3.05, 3.63) is 58.2 Å². The number of amides is 4. The number of piperidine rings is 1. The van der Waals surface area contributed by atoms with Gasteiger partial charge in [-0.3, -0.25) is 19.2 Å². The van der Waals surface area contributed by atoms with Gasteiger partial charge in [0.15, 0.2) is 0 Å². The van der Waals surface area contributed by atoms with E-state index in [-0.39, 0.29) is 24.3 Å². The molecule has 4 N–H and O–H groups in total. The number of hydrogen-bond donors (Lipinski definition) is 3. The van der Waals surface area contributed by atoms with Crippen molar-refractivity contribution in [1.82, 2.24) is 20.1 Å². The molecule has 43 heavy (non-hydrogen) atoms. The summed E-state index contributed by atoms with van der Waals surface area (Å²) in [5.41, 5.74) is 8.69. The van der Waals surface area contributed by atoms with Gasteiger partial charge in [-0.15, -0.1) is 0 Å². The number of rotatable bonds is 7. The fourth-order valence-corrected chi connectivity index (χ4v) is 5.78. The number of nitrogens with one attached hydrogen (secondary N) is 2. The number of hydrogen-bond acceptors (Lipinski definition) is 6. The number of carbonyl (C=O) groups is 4. The van der Waals surface area contributed by atoms with Crippen LogP contribution in [0.2, 0.25) is 5.02 Å². The Morgan fingerprint density at radius 3 is 2.33 bits per heavy atom. The van der Waals surface area contributed by atoms with Gasteiger partial charge in [-0.25, -0.2) is 4.98 Å². The average molecular weight is 613 g/mol. The Balaban J connectivity index is 0.000000241. The zero-order valence-corrected chi connectivity index (χ0v) is 26.1. The Hall–Kier alpha value is -3.50. The smallest absolute Gasteiger partial charge is 0.244 e. The minimum atomic E-state index is -0.337. The molecule has 1 aromatic heterocycles. The molecular weight excluding hydrogens is 568 g/mol. The average Bonchev–Trinajstić information content (AvgIpc) is 3.00. The van der Waals surface area contributed by atoms with Gasteiger partial charge in [0.2, 0.25) is 24.1 Å². The van der Waals surface area contributed by atoms with Crippen molar-refractivity contribution in [2.24, 2.45) is 11.1 Å². The molecule has 4 amide bonds. The maximum Gasteiger partial charge on any atom is 0.244 e.